The second-order valence-corrected chi connectivity index (χ2v) is 13.8. The van der Waals surface area contributed by atoms with E-state index in [4.69, 9.17) is 4.42 Å². The molecule has 0 bridgehead atoms. The number of rotatable bonds is 6. The molecule has 0 radical (unpaired) electrons. The number of benzene rings is 8. The van der Waals surface area contributed by atoms with Crippen molar-refractivity contribution in [2.24, 2.45) is 0 Å². The molecule has 0 aliphatic rings. The number of anilines is 3. The number of aromatic nitrogens is 2. The van der Waals surface area contributed by atoms with E-state index in [1.165, 1.54) is 16.2 Å². The molecular formula is C50H33N3O. The van der Waals surface area contributed by atoms with Crippen LogP contribution in [-0.2, 0) is 0 Å². The Labute approximate surface area is 312 Å². The lowest BCUT2D eigenvalue weighted by molar-refractivity contribution is 0.669. The van der Waals surface area contributed by atoms with Gasteiger partial charge in [0.05, 0.1) is 11.0 Å². The van der Waals surface area contributed by atoms with Gasteiger partial charge in [-0.2, -0.15) is 0 Å². The largest absolute Gasteiger partial charge is 0.456 e. The summed E-state index contributed by atoms with van der Waals surface area (Å²) in [6.07, 6.45) is 0. The lowest BCUT2D eigenvalue weighted by Crippen LogP contribution is -2.09. The van der Waals surface area contributed by atoms with E-state index in [2.05, 4.69) is 202 Å². The highest BCUT2D eigenvalue weighted by Crippen LogP contribution is 2.45. The SMILES string of the molecule is c1ccc(N(c2ccccc2)c2ccc3c(c2)c2c4ccc(-c5cccc6oc7ccccc7c56)cc4n(-c4ccccc4)c2n3-c2ccccc2)cc1. The maximum absolute atomic E-state index is 6.33. The highest BCUT2D eigenvalue weighted by molar-refractivity contribution is 6.24. The zero-order valence-corrected chi connectivity index (χ0v) is 29.3. The molecule has 8 aromatic carbocycles. The molecule has 11 aromatic rings. The third-order valence-corrected chi connectivity index (χ3v) is 10.7. The van der Waals surface area contributed by atoms with E-state index in [1.54, 1.807) is 0 Å². The molecule has 0 fully saturated rings. The van der Waals surface area contributed by atoms with Gasteiger partial charge in [-0.1, -0.05) is 115 Å². The molecular weight excluding hydrogens is 659 g/mol. The number of hydrogen-bond acceptors (Lipinski definition) is 2. The van der Waals surface area contributed by atoms with E-state index < -0.39 is 0 Å². The van der Waals surface area contributed by atoms with Crippen LogP contribution in [0.5, 0.6) is 0 Å². The molecule has 3 heterocycles. The molecule has 0 N–H and O–H groups in total. The summed E-state index contributed by atoms with van der Waals surface area (Å²) in [5.74, 6) is 0. The van der Waals surface area contributed by atoms with Crippen molar-refractivity contribution >= 4 is 71.8 Å². The van der Waals surface area contributed by atoms with Crippen LogP contribution in [0.4, 0.5) is 17.1 Å². The number of para-hydroxylation sites is 5. The van der Waals surface area contributed by atoms with Gasteiger partial charge in [0.1, 0.15) is 16.8 Å². The maximum atomic E-state index is 6.33. The van der Waals surface area contributed by atoms with Gasteiger partial charge in [0, 0.05) is 55.4 Å². The van der Waals surface area contributed by atoms with Gasteiger partial charge in [-0.15, -0.1) is 0 Å². The maximum Gasteiger partial charge on any atom is 0.136 e. The summed E-state index contributed by atoms with van der Waals surface area (Å²) in [4.78, 5) is 2.34. The van der Waals surface area contributed by atoms with Crippen molar-refractivity contribution in [2.75, 3.05) is 4.90 Å². The van der Waals surface area contributed by atoms with E-state index in [9.17, 15) is 0 Å². The number of hydrogen-bond donors (Lipinski definition) is 0. The zero-order chi connectivity index (χ0) is 35.6. The minimum Gasteiger partial charge on any atom is -0.456 e. The quantitative estimate of drug-likeness (QED) is 0.173. The van der Waals surface area contributed by atoms with E-state index in [0.29, 0.717) is 0 Å². The van der Waals surface area contributed by atoms with E-state index in [1.807, 2.05) is 12.1 Å². The molecule has 4 heteroatoms. The Bertz CT molecular complexity index is 3100. The van der Waals surface area contributed by atoms with Gasteiger partial charge in [-0.05, 0) is 96.1 Å². The van der Waals surface area contributed by atoms with Gasteiger partial charge in [-0.25, -0.2) is 0 Å². The van der Waals surface area contributed by atoms with Crippen LogP contribution < -0.4 is 4.90 Å². The number of nitrogens with zero attached hydrogens (tertiary/aromatic N) is 3. The first-order valence-corrected chi connectivity index (χ1v) is 18.4. The number of fused-ring (bicyclic) bond motifs is 8. The van der Waals surface area contributed by atoms with Gasteiger partial charge in [0.15, 0.2) is 0 Å². The Morgan fingerprint density at radius 1 is 0.370 bits per heavy atom. The van der Waals surface area contributed by atoms with Gasteiger partial charge in [-0.3, -0.25) is 9.13 Å². The van der Waals surface area contributed by atoms with E-state index in [0.717, 1.165) is 78.2 Å². The molecule has 4 nitrogen and oxygen atoms in total. The fraction of sp³-hybridized carbons (Fsp3) is 0. The van der Waals surface area contributed by atoms with Crippen molar-refractivity contribution in [3.8, 4) is 22.5 Å². The summed E-state index contributed by atoms with van der Waals surface area (Å²) in [5.41, 5.74) is 13.1. The lowest BCUT2D eigenvalue weighted by atomic mass is 9.98. The minimum absolute atomic E-state index is 0.896. The lowest BCUT2D eigenvalue weighted by Gasteiger charge is -2.25. The van der Waals surface area contributed by atoms with Crippen LogP contribution in [0, 0.1) is 0 Å². The van der Waals surface area contributed by atoms with Crippen LogP contribution in [0.15, 0.2) is 205 Å². The molecule has 254 valence electrons. The summed E-state index contributed by atoms with van der Waals surface area (Å²) in [6.45, 7) is 0. The Morgan fingerprint density at radius 3 is 1.65 bits per heavy atom. The third kappa shape index (κ3) is 4.64. The van der Waals surface area contributed by atoms with Crippen molar-refractivity contribution in [3.05, 3.63) is 200 Å². The molecule has 0 unspecified atom stereocenters. The van der Waals surface area contributed by atoms with Crippen LogP contribution in [0.1, 0.15) is 0 Å². The van der Waals surface area contributed by atoms with Gasteiger partial charge in [0.25, 0.3) is 0 Å². The highest BCUT2D eigenvalue weighted by atomic mass is 16.3. The van der Waals surface area contributed by atoms with Gasteiger partial charge >= 0.3 is 0 Å². The third-order valence-electron chi connectivity index (χ3n) is 10.7. The fourth-order valence-electron chi connectivity index (χ4n) is 8.39. The summed E-state index contributed by atoms with van der Waals surface area (Å²) in [7, 11) is 0. The van der Waals surface area contributed by atoms with Crippen LogP contribution in [-0.4, -0.2) is 9.13 Å². The molecule has 0 spiro atoms. The van der Waals surface area contributed by atoms with Crippen LogP contribution >= 0.6 is 0 Å². The van der Waals surface area contributed by atoms with Crippen molar-refractivity contribution in [1.82, 2.24) is 9.13 Å². The first-order chi connectivity index (χ1) is 26.8. The predicted molar refractivity (Wildman–Crippen MR) is 225 cm³/mol. The average Bonchev–Trinajstić information content (AvgIpc) is 3.89. The molecule has 0 atom stereocenters. The summed E-state index contributed by atoms with van der Waals surface area (Å²) in [5, 5.41) is 5.88. The molecule has 0 saturated heterocycles. The first-order valence-electron chi connectivity index (χ1n) is 18.4. The van der Waals surface area contributed by atoms with Crippen molar-refractivity contribution in [2.45, 2.75) is 0 Å². The van der Waals surface area contributed by atoms with Crippen LogP contribution in [0.3, 0.4) is 0 Å². The van der Waals surface area contributed by atoms with Gasteiger partial charge in [0.2, 0.25) is 0 Å². The highest BCUT2D eigenvalue weighted by Gasteiger charge is 2.24. The summed E-state index contributed by atoms with van der Waals surface area (Å²) in [6, 6.07) is 71.3. The zero-order valence-electron chi connectivity index (χ0n) is 29.3. The van der Waals surface area contributed by atoms with E-state index >= 15 is 0 Å². The minimum atomic E-state index is 0.896. The monoisotopic (exact) mass is 691 g/mol. The molecule has 0 aliphatic carbocycles. The van der Waals surface area contributed by atoms with E-state index in [-0.39, 0.29) is 0 Å². The Morgan fingerprint density at radius 2 is 0.963 bits per heavy atom. The van der Waals surface area contributed by atoms with Crippen LogP contribution in [0.25, 0.3) is 77.3 Å². The normalized spacial score (nSPS) is 11.7. The second-order valence-electron chi connectivity index (χ2n) is 13.8. The van der Waals surface area contributed by atoms with Crippen LogP contribution in [0.2, 0.25) is 0 Å². The summed E-state index contributed by atoms with van der Waals surface area (Å²) >= 11 is 0. The predicted octanol–water partition coefficient (Wildman–Crippen LogP) is 13.8. The van der Waals surface area contributed by atoms with Crippen molar-refractivity contribution < 1.29 is 4.42 Å². The smallest absolute Gasteiger partial charge is 0.136 e. The molecule has 11 rings (SSSR count). The standard InChI is InChI=1S/C50H33N3O/c1-5-16-35(17-6-1)51(36-18-7-2-8-19-36)39-29-31-44-43(33-39)49-41-30-28-34(40-25-15-27-47-48(40)42-24-13-14-26-46(42)54-47)32-45(41)53(38-22-11-4-12-23-38)50(49)52(44)37-20-9-3-10-21-37/h1-33H. The first kappa shape index (κ1) is 30.3. The molecule has 0 saturated carbocycles. The Kier molecular flexibility index (Phi) is 6.82. The topological polar surface area (TPSA) is 26.2 Å². The summed E-state index contributed by atoms with van der Waals surface area (Å²) < 4.78 is 11.2. The fourth-order valence-corrected chi connectivity index (χ4v) is 8.39. The Balaban J connectivity index is 1.25. The number of furan rings is 1. The van der Waals surface area contributed by atoms with Crippen molar-refractivity contribution in [3.63, 3.8) is 0 Å². The molecule has 54 heavy (non-hydrogen) atoms. The molecule has 3 aromatic heterocycles. The van der Waals surface area contributed by atoms with Gasteiger partial charge < -0.3 is 9.32 Å². The van der Waals surface area contributed by atoms with Crippen molar-refractivity contribution in [1.29, 1.82) is 0 Å². The molecule has 0 aliphatic heterocycles. The second kappa shape index (κ2) is 12.1. The average molecular weight is 692 g/mol. The molecule has 0 amide bonds. The Hall–Kier alpha value is -7.30.